The molecular formula is C18H28N2O. The van der Waals surface area contributed by atoms with Crippen molar-refractivity contribution in [2.45, 2.75) is 58.2 Å². The Hall–Kier alpha value is -1.06. The highest BCUT2D eigenvalue weighted by Gasteiger charge is 2.21. The average molecular weight is 288 g/mol. The molecule has 1 saturated heterocycles. The number of nitrogens with zero attached hydrogens (tertiary/aromatic N) is 1. The Morgan fingerprint density at radius 1 is 1.29 bits per heavy atom. The standard InChI is InChI=1S/C18H28N2O/c1-3-20(13-18-5-4-10-21-18)17-9-6-15(14(2)11-17)12-19-16-7-8-16/h6,9,11,16,18-19H,3-5,7-8,10,12-13H2,1-2H3. The van der Waals surface area contributed by atoms with E-state index in [1.807, 2.05) is 0 Å². The molecule has 0 bridgehead atoms. The monoisotopic (exact) mass is 288 g/mol. The quantitative estimate of drug-likeness (QED) is 0.833. The third kappa shape index (κ3) is 3.98. The molecule has 0 amide bonds. The number of aryl methyl sites for hydroxylation is 1. The van der Waals surface area contributed by atoms with Crippen LogP contribution in [0.25, 0.3) is 0 Å². The van der Waals surface area contributed by atoms with E-state index in [9.17, 15) is 0 Å². The Kier molecular flexibility index (Phi) is 4.81. The van der Waals surface area contributed by atoms with Crippen LogP contribution in [-0.2, 0) is 11.3 Å². The first kappa shape index (κ1) is 14.9. The SMILES string of the molecule is CCN(CC1CCCO1)c1ccc(CNC2CC2)c(C)c1. The van der Waals surface area contributed by atoms with Crippen LogP contribution in [0.2, 0.25) is 0 Å². The summed E-state index contributed by atoms with van der Waals surface area (Å²) < 4.78 is 5.78. The summed E-state index contributed by atoms with van der Waals surface area (Å²) in [6.07, 6.45) is 5.54. The first-order chi connectivity index (χ1) is 10.3. The molecule has 3 rings (SSSR count). The van der Waals surface area contributed by atoms with E-state index in [1.165, 1.54) is 42.5 Å². The van der Waals surface area contributed by atoms with Gasteiger partial charge in [-0.05, 0) is 62.8 Å². The molecular weight excluding hydrogens is 260 g/mol. The van der Waals surface area contributed by atoms with Gasteiger partial charge in [-0.25, -0.2) is 0 Å². The maximum Gasteiger partial charge on any atom is 0.0750 e. The summed E-state index contributed by atoms with van der Waals surface area (Å²) >= 11 is 0. The fourth-order valence-corrected chi connectivity index (χ4v) is 3.07. The van der Waals surface area contributed by atoms with Crippen molar-refractivity contribution < 1.29 is 4.74 Å². The Balaban J connectivity index is 1.63. The molecule has 1 atom stereocenters. The van der Waals surface area contributed by atoms with E-state index in [4.69, 9.17) is 4.74 Å². The Labute approximate surface area is 128 Å². The minimum absolute atomic E-state index is 0.418. The van der Waals surface area contributed by atoms with Crippen LogP contribution in [0.5, 0.6) is 0 Å². The lowest BCUT2D eigenvalue weighted by Gasteiger charge is -2.27. The molecule has 0 aromatic heterocycles. The third-order valence-electron chi connectivity index (χ3n) is 4.68. The van der Waals surface area contributed by atoms with Crippen molar-refractivity contribution in [1.82, 2.24) is 5.32 Å². The highest BCUT2D eigenvalue weighted by molar-refractivity contribution is 5.51. The van der Waals surface area contributed by atoms with Crippen molar-refractivity contribution in [3.63, 3.8) is 0 Å². The molecule has 1 heterocycles. The maximum atomic E-state index is 5.78. The minimum Gasteiger partial charge on any atom is -0.376 e. The Morgan fingerprint density at radius 3 is 2.76 bits per heavy atom. The topological polar surface area (TPSA) is 24.5 Å². The normalized spacial score (nSPS) is 21.7. The first-order valence-corrected chi connectivity index (χ1v) is 8.45. The van der Waals surface area contributed by atoms with Gasteiger partial charge in [0.15, 0.2) is 0 Å². The highest BCUT2D eigenvalue weighted by Crippen LogP contribution is 2.23. The van der Waals surface area contributed by atoms with Gasteiger partial charge < -0.3 is 15.0 Å². The van der Waals surface area contributed by atoms with Crippen molar-refractivity contribution in [3.05, 3.63) is 29.3 Å². The smallest absolute Gasteiger partial charge is 0.0750 e. The third-order valence-corrected chi connectivity index (χ3v) is 4.68. The summed E-state index contributed by atoms with van der Waals surface area (Å²) in [5.74, 6) is 0. The van der Waals surface area contributed by atoms with Crippen LogP contribution in [0.3, 0.4) is 0 Å². The van der Waals surface area contributed by atoms with Gasteiger partial charge in [-0.3, -0.25) is 0 Å². The van der Waals surface area contributed by atoms with Crippen LogP contribution in [0, 0.1) is 6.92 Å². The molecule has 0 spiro atoms. The molecule has 3 heteroatoms. The van der Waals surface area contributed by atoms with Crippen molar-refractivity contribution in [2.24, 2.45) is 0 Å². The number of hydrogen-bond donors (Lipinski definition) is 1. The number of benzene rings is 1. The van der Waals surface area contributed by atoms with Crippen molar-refractivity contribution >= 4 is 5.69 Å². The minimum atomic E-state index is 0.418. The average Bonchev–Trinajstić information content (AvgIpc) is 3.18. The number of hydrogen-bond acceptors (Lipinski definition) is 3. The fraction of sp³-hybridized carbons (Fsp3) is 0.667. The summed E-state index contributed by atoms with van der Waals surface area (Å²) in [5, 5.41) is 3.60. The van der Waals surface area contributed by atoms with Gasteiger partial charge in [0.05, 0.1) is 6.10 Å². The molecule has 1 saturated carbocycles. The van der Waals surface area contributed by atoms with Gasteiger partial charge in [0, 0.05) is 38.0 Å². The van der Waals surface area contributed by atoms with E-state index in [0.29, 0.717) is 6.10 Å². The molecule has 1 unspecified atom stereocenters. The van der Waals surface area contributed by atoms with Crippen LogP contribution >= 0.6 is 0 Å². The summed E-state index contributed by atoms with van der Waals surface area (Å²) in [4.78, 5) is 2.45. The predicted molar refractivity (Wildman–Crippen MR) is 87.9 cm³/mol. The number of anilines is 1. The van der Waals surface area contributed by atoms with E-state index < -0.39 is 0 Å². The molecule has 1 aromatic carbocycles. The van der Waals surface area contributed by atoms with Crippen molar-refractivity contribution in [3.8, 4) is 0 Å². The molecule has 2 fully saturated rings. The van der Waals surface area contributed by atoms with E-state index in [-0.39, 0.29) is 0 Å². The first-order valence-electron chi connectivity index (χ1n) is 8.45. The molecule has 1 aromatic rings. The van der Waals surface area contributed by atoms with Gasteiger partial charge in [0.2, 0.25) is 0 Å². The molecule has 1 aliphatic carbocycles. The van der Waals surface area contributed by atoms with Crippen LogP contribution in [-0.4, -0.2) is 31.8 Å². The number of ether oxygens (including phenoxy) is 1. The van der Waals surface area contributed by atoms with Crippen LogP contribution in [0.4, 0.5) is 5.69 Å². The van der Waals surface area contributed by atoms with Gasteiger partial charge in [0.25, 0.3) is 0 Å². The Bertz CT molecular complexity index is 464. The summed E-state index contributed by atoms with van der Waals surface area (Å²) in [5.41, 5.74) is 4.16. The zero-order valence-electron chi connectivity index (χ0n) is 13.4. The number of rotatable bonds is 7. The lowest BCUT2D eigenvalue weighted by molar-refractivity contribution is 0.115. The van der Waals surface area contributed by atoms with E-state index in [2.05, 4.69) is 42.3 Å². The highest BCUT2D eigenvalue weighted by atomic mass is 16.5. The summed E-state index contributed by atoms with van der Waals surface area (Å²) in [6.45, 7) is 8.47. The van der Waals surface area contributed by atoms with Crippen LogP contribution in [0.15, 0.2) is 18.2 Å². The maximum absolute atomic E-state index is 5.78. The van der Waals surface area contributed by atoms with E-state index in [0.717, 1.165) is 32.3 Å². The predicted octanol–water partition coefficient (Wildman–Crippen LogP) is 3.25. The zero-order chi connectivity index (χ0) is 14.7. The van der Waals surface area contributed by atoms with E-state index >= 15 is 0 Å². The molecule has 3 nitrogen and oxygen atoms in total. The van der Waals surface area contributed by atoms with Gasteiger partial charge >= 0.3 is 0 Å². The molecule has 1 N–H and O–H groups in total. The van der Waals surface area contributed by atoms with Crippen molar-refractivity contribution in [2.75, 3.05) is 24.6 Å². The second-order valence-corrected chi connectivity index (χ2v) is 6.44. The number of nitrogens with one attached hydrogen (secondary N) is 1. The Morgan fingerprint density at radius 2 is 2.14 bits per heavy atom. The molecule has 1 aliphatic heterocycles. The summed E-state index contributed by atoms with van der Waals surface area (Å²) in [7, 11) is 0. The molecule has 0 radical (unpaired) electrons. The fourth-order valence-electron chi connectivity index (χ4n) is 3.07. The van der Waals surface area contributed by atoms with Gasteiger partial charge in [-0.2, -0.15) is 0 Å². The largest absolute Gasteiger partial charge is 0.376 e. The second-order valence-electron chi connectivity index (χ2n) is 6.44. The summed E-state index contributed by atoms with van der Waals surface area (Å²) in [6, 6.07) is 7.67. The molecule has 21 heavy (non-hydrogen) atoms. The van der Waals surface area contributed by atoms with Gasteiger partial charge in [0.1, 0.15) is 0 Å². The lowest BCUT2D eigenvalue weighted by Crippen LogP contribution is -2.32. The lowest BCUT2D eigenvalue weighted by atomic mass is 10.1. The van der Waals surface area contributed by atoms with Gasteiger partial charge in [-0.15, -0.1) is 0 Å². The van der Waals surface area contributed by atoms with Crippen LogP contribution < -0.4 is 10.2 Å². The molecule has 2 aliphatic rings. The van der Waals surface area contributed by atoms with Crippen LogP contribution in [0.1, 0.15) is 43.7 Å². The molecule has 116 valence electrons. The number of likely N-dealkylation sites (N-methyl/N-ethyl adjacent to an activating group) is 1. The van der Waals surface area contributed by atoms with Crippen molar-refractivity contribution in [1.29, 1.82) is 0 Å². The second kappa shape index (κ2) is 6.80. The van der Waals surface area contributed by atoms with E-state index in [1.54, 1.807) is 0 Å². The van der Waals surface area contributed by atoms with Gasteiger partial charge in [-0.1, -0.05) is 6.07 Å². The zero-order valence-corrected chi connectivity index (χ0v) is 13.4.